The molecule has 1 atom stereocenters. The van der Waals surface area contributed by atoms with Crippen molar-refractivity contribution in [2.24, 2.45) is 5.73 Å². The van der Waals surface area contributed by atoms with Crippen molar-refractivity contribution in [1.29, 1.82) is 0 Å². The van der Waals surface area contributed by atoms with Crippen LogP contribution in [0.1, 0.15) is 19.0 Å². The van der Waals surface area contributed by atoms with E-state index in [9.17, 15) is 0 Å². The first kappa shape index (κ1) is 15.0. The Bertz CT molecular complexity index is 735. The van der Waals surface area contributed by atoms with Crippen molar-refractivity contribution in [3.8, 4) is 0 Å². The second kappa shape index (κ2) is 6.48. The van der Waals surface area contributed by atoms with Gasteiger partial charge in [-0.3, -0.25) is 4.40 Å². The van der Waals surface area contributed by atoms with E-state index in [0.717, 1.165) is 32.3 Å². The Balaban J connectivity index is 1.94. The number of nitrogens with zero attached hydrogens (tertiary/aromatic N) is 3. The average molecular weight is 383 g/mol. The van der Waals surface area contributed by atoms with Gasteiger partial charge in [-0.05, 0) is 46.2 Å². The van der Waals surface area contributed by atoms with Gasteiger partial charge in [-0.1, -0.05) is 6.92 Å². The quantitative estimate of drug-likeness (QED) is 0.724. The van der Waals surface area contributed by atoms with E-state index in [4.69, 9.17) is 10.7 Å². The van der Waals surface area contributed by atoms with Crippen molar-refractivity contribution < 1.29 is 0 Å². The SMILES string of the molecule is CCC(N)Cc1c(Sc2ccc(Br)cn2)nc2sccn12. The van der Waals surface area contributed by atoms with Gasteiger partial charge in [-0.25, -0.2) is 9.97 Å². The second-order valence-corrected chi connectivity index (χ2v) is 7.51. The second-order valence-electron chi connectivity index (χ2n) is 4.71. The van der Waals surface area contributed by atoms with Crippen LogP contribution in [0.15, 0.2) is 44.4 Å². The molecule has 110 valence electrons. The summed E-state index contributed by atoms with van der Waals surface area (Å²) in [4.78, 5) is 10.1. The highest BCUT2D eigenvalue weighted by molar-refractivity contribution is 9.10. The number of fused-ring (bicyclic) bond motifs is 1. The molecule has 0 amide bonds. The standard InChI is InChI=1S/C14H15BrN4S2/c1-2-10(16)7-11-13(18-14-19(11)5-6-20-14)21-12-4-3-9(15)8-17-12/h3-6,8,10H,2,7,16H2,1H3. The van der Waals surface area contributed by atoms with E-state index in [0.29, 0.717) is 0 Å². The monoisotopic (exact) mass is 382 g/mol. The Morgan fingerprint density at radius 2 is 2.33 bits per heavy atom. The number of rotatable bonds is 5. The predicted octanol–water partition coefficient (Wildman–Crippen LogP) is 3.98. The molecular formula is C14H15BrN4S2. The van der Waals surface area contributed by atoms with Gasteiger partial charge in [0.2, 0.25) is 0 Å². The summed E-state index contributed by atoms with van der Waals surface area (Å²) < 4.78 is 3.12. The lowest BCUT2D eigenvalue weighted by molar-refractivity contribution is 0.627. The van der Waals surface area contributed by atoms with Crippen LogP contribution in [0.2, 0.25) is 0 Å². The molecule has 2 N–H and O–H groups in total. The number of hydrogen-bond donors (Lipinski definition) is 1. The molecule has 0 aliphatic carbocycles. The summed E-state index contributed by atoms with van der Waals surface area (Å²) >= 11 is 6.64. The minimum absolute atomic E-state index is 0.155. The van der Waals surface area contributed by atoms with Gasteiger partial charge in [0.05, 0.1) is 5.69 Å². The first-order valence-corrected chi connectivity index (χ1v) is 9.15. The highest BCUT2D eigenvalue weighted by atomic mass is 79.9. The zero-order valence-electron chi connectivity index (χ0n) is 11.5. The summed E-state index contributed by atoms with van der Waals surface area (Å²) in [7, 11) is 0. The molecule has 0 spiro atoms. The fourth-order valence-corrected chi connectivity index (χ4v) is 3.89. The van der Waals surface area contributed by atoms with Crippen molar-refractivity contribution >= 4 is 44.0 Å². The van der Waals surface area contributed by atoms with Crippen molar-refractivity contribution in [2.45, 2.75) is 35.9 Å². The van der Waals surface area contributed by atoms with Gasteiger partial charge in [0.15, 0.2) is 4.96 Å². The maximum Gasteiger partial charge on any atom is 0.194 e. The number of aromatic nitrogens is 3. The highest BCUT2D eigenvalue weighted by Crippen LogP contribution is 2.31. The van der Waals surface area contributed by atoms with Crippen molar-refractivity contribution in [2.75, 3.05) is 0 Å². The molecule has 0 aliphatic rings. The third-order valence-electron chi connectivity index (χ3n) is 3.21. The summed E-state index contributed by atoms with van der Waals surface area (Å²) in [6.45, 7) is 2.11. The largest absolute Gasteiger partial charge is 0.327 e. The molecule has 0 aliphatic heterocycles. The predicted molar refractivity (Wildman–Crippen MR) is 91.1 cm³/mol. The third kappa shape index (κ3) is 3.31. The first-order valence-electron chi connectivity index (χ1n) is 6.66. The van der Waals surface area contributed by atoms with Crippen LogP contribution >= 0.6 is 39.0 Å². The van der Waals surface area contributed by atoms with E-state index in [2.05, 4.69) is 43.8 Å². The van der Waals surface area contributed by atoms with Crippen molar-refractivity contribution in [1.82, 2.24) is 14.4 Å². The van der Waals surface area contributed by atoms with Gasteiger partial charge in [0.1, 0.15) is 10.1 Å². The van der Waals surface area contributed by atoms with E-state index < -0.39 is 0 Å². The van der Waals surface area contributed by atoms with Gasteiger partial charge < -0.3 is 5.73 Å². The van der Waals surface area contributed by atoms with Gasteiger partial charge in [-0.2, -0.15) is 0 Å². The Morgan fingerprint density at radius 1 is 1.48 bits per heavy atom. The average Bonchev–Trinajstić information content (AvgIpc) is 3.04. The molecular weight excluding hydrogens is 368 g/mol. The minimum atomic E-state index is 0.155. The van der Waals surface area contributed by atoms with E-state index in [-0.39, 0.29) is 6.04 Å². The molecule has 4 nitrogen and oxygen atoms in total. The Morgan fingerprint density at radius 3 is 3.05 bits per heavy atom. The van der Waals surface area contributed by atoms with Crippen molar-refractivity contribution in [3.05, 3.63) is 40.1 Å². The topological polar surface area (TPSA) is 56.2 Å². The highest BCUT2D eigenvalue weighted by Gasteiger charge is 2.17. The zero-order chi connectivity index (χ0) is 14.8. The summed E-state index contributed by atoms with van der Waals surface area (Å²) in [5.74, 6) is 0. The number of nitrogens with two attached hydrogens (primary N) is 1. The van der Waals surface area contributed by atoms with Crippen LogP contribution < -0.4 is 5.73 Å². The van der Waals surface area contributed by atoms with Gasteiger partial charge in [-0.15, -0.1) is 11.3 Å². The number of imidazole rings is 1. The lowest BCUT2D eigenvalue weighted by Crippen LogP contribution is -2.22. The molecule has 0 saturated heterocycles. The molecule has 3 aromatic rings. The van der Waals surface area contributed by atoms with Crippen molar-refractivity contribution in [3.63, 3.8) is 0 Å². The van der Waals surface area contributed by atoms with Crippen LogP contribution in [0, 0.1) is 0 Å². The fourth-order valence-electron chi connectivity index (χ4n) is 1.99. The molecule has 7 heteroatoms. The van der Waals surface area contributed by atoms with Gasteiger partial charge in [0, 0.05) is 34.7 Å². The number of pyridine rings is 1. The fraction of sp³-hybridized carbons (Fsp3) is 0.286. The summed E-state index contributed by atoms with van der Waals surface area (Å²) in [5.41, 5.74) is 7.31. The minimum Gasteiger partial charge on any atom is -0.327 e. The summed E-state index contributed by atoms with van der Waals surface area (Å²) in [5, 5.41) is 3.99. The van der Waals surface area contributed by atoms with Crippen LogP contribution in [-0.2, 0) is 6.42 Å². The number of halogens is 1. The molecule has 21 heavy (non-hydrogen) atoms. The molecule has 1 unspecified atom stereocenters. The third-order valence-corrected chi connectivity index (χ3v) is 5.40. The maximum absolute atomic E-state index is 6.14. The molecule has 0 bridgehead atoms. The first-order chi connectivity index (χ1) is 10.2. The normalized spacial score (nSPS) is 12.9. The molecule has 3 heterocycles. The molecule has 0 aromatic carbocycles. The van der Waals surface area contributed by atoms with E-state index in [1.54, 1.807) is 29.3 Å². The Labute approximate surface area is 139 Å². The Hall–Kier alpha value is -0.890. The summed E-state index contributed by atoms with van der Waals surface area (Å²) in [6.07, 6.45) is 5.65. The van der Waals surface area contributed by atoms with E-state index in [1.807, 2.05) is 12.1 Å². The van der Waals surface area contributed by atoms with Crippen LogP contribution in [0.5, 0.6) is 0 Å². The van der Waals surface area contributed by atoms with Crippen LogP contribution in [0.25, 0.3) is 4.96 Å². The van der Waals surface area contributed by atoms with E-state index >= 15 is 0 Å². The molecule has 3 aromatic heterocycles. The number of thiazole rings is 1. The molecule has 0 radical (unpaired) electrons. The smallest absolute Gasteiger partial charge is 0.194 e. The lowest BCUT2D eigenvalue weighted by Gasteiger charge is -2.09. The maximum atomic E-state index is 6.14. The zero-order valence-corrected chi connectivity index (χ0v) is 14.7. The Kier molecular flexibility index (Phi) is 4.63. The van der Waals surface area contributed by atoms with Crippen LogP contribution in [0.4, 0.5) is 0 Å². The molecule has 0 saturated carbocycles. The van der Waals surface area contributed by atoms with Crippen LogP contribution in [-0.4, -0.2) is 20.4 Å². The van der Waals surface area contributed by atoms with E-state index in [1.165, 1.54) is 5.69 Å². The summed E-state index contributed by atoms with van der Waals surface area (Å²) in [6, 6.07) is 4.14. The van der Waals surface area contributed by atoms with Crippen LogP contribution in [0.3, 0.4) is 0 Å². The lowest BCUT2D eigenvalue weighted by atomic mass is 10.1. The molecule has 0 fully saturated rings. The number of hydrogen-bond acceptors (Lipinski definition) is 5. The van der Waals surface area contributed by atoms with Gasteiger partial charge >= 0.3 is 0 Å². The molecule has 3 rings (SSSR count). The van der Waals surface area contributed by atoms with Gasteiger partial charge in [0.25, 0.3) is 0 Å².